The van der Waals surface area contributed by atoms with Gasteiger partial charge >= 0.3 is 5.97 Å². The summed E-state index contributed by atoms with van der Waals surface area (Å²) >= 11 is 0. The van der Waals surface area contributed by atoms with Gasteiger partial charge in [-0.1, -0.05) is 6.07 Å². The van der Waals surface area contributed by atoms with Crippen molar-refractivity contribution in [2.75, 3.05) is 26.5 Å². The van der Waals surface area contributed by atoms with Crippen molar-refractivity contribution in [3.05, 3.63) is 24.0 Å². The Balaban J connectivity index is 1.86. The molecule has 1 saturated heterocycles. The second-order valence-electron chi connectivity index (χ2n) is 6.77. The Morgan fingerprint density at radius 2 is 2.19 bits per heavy atom. The third-order valence-corrected chi connectivity index (χ3v) is 6.23. The Kier molecular flexibility index (Phi) is 5.19. The van der Waals surface area contributed by atoms with E-state index in [1.807, 2.05) is 18.2 Å². The molecule has 2 atom stereocenters. The van der Waals surface area contributed by atoms with Gasteiger partial charge < -0.3 is 14.8 Å². The lowest BCUT2D eigenvalue weighted by atomic mass is 9.82. The summed E-state index contributed by atoms with van der Waals surface area (Å²) in [5.41, 5.74) is 1.56. The van der Waals surface area contributed by atoms with Crippen molar-refractivity contribution in [1.29, 1.82) is 0 Å². The number of hydrogen-bond donors (Lipinski definition) is 2. The third kappa shape index (κ3) is 3.99. The number of hydrogen-bond acceptors (Lipinski definition) is 5. The number of fused-ring (bicyclic) bond motifs is 1. The molecule has 2 heterocycles. The van der Waals surface area contributed by atoms with Crippen molar-refractivity contribution >= 4 is 27.0 Å². The number of benzene rings is 1. The van der Waals surface area contributed by atoms with E-state index in [2.05, 4.69) is 9.97 Å². The summed E-state index contributed by atoms with van der Waals surface area (Å²) in [6.07, 6.45) is 2.24. The quantitative estimate of drug-likeness (QED) is 0.784. The van der Waals surface area contributed by atoms with E-state index in [1.54, 1.807) is 7.11 Å². The standard InChI is InChI=1S/C17H23N3O5S/c1-25-14-5-3-4-13-17(14)19-15(18-13)8-12-10-20(26(2,23)24)7-6-11(12)9-16(21)22/h3-5,11-12H,6-10H2,1-2H3,(H,18,19)(H,21,22). The number of nitrogens with zero attached hydrogens (tertiary/aromatic N) is 2. The van der Waals surface area contributed by atoms with Gasteiger partial charge in [-0.3, -0.25) is 4.79 Å². The largest absolute Gasteiger partial charge is 0.494 e. The Morgan fingerprint density at radius 1 is 1.42 bits per heavy atom. The van der Waals surface area contributed by atoms with Gasteiger partial charge in [0.1, 0.15) is 17.1 Å². The number of sulfonamides is 1. The maximum atomic E-state index is 11.9. The van der Waals surface area contributed by atoms with Crippen LogP contribution in [0.1, 0.15) is 18.7 Å². The summed E-state index contributed by atoms with van der Waals surface area (Å²) in [6.45, 7) is 0.673. The van der Waals surface area contributed by atoms with Crippen molar-refractivity contribution in [2.24, 2.45) is 11.8 Å². The highest BCUT2D eigenvalue weighted by Gasteiger charge is 2.34. The van der Waals surface area contributed by atoms with E-state index in [1.165, 1.54) is 10.6 Å². The van der Waals surface area contributed by atoms with Gasteiger partial charge in [-0.15, -0.1) is 0 Å². The summed E-state index contributed by atoms with van der Waals surface area (Å²) in [5.74, 6) is 0.314. The van der Waals surface area contributed by atoms with Gasteiger partial charge in [-0.25, -0.2) is 17.7 Å². The molecule has 1 fully saturated rings. The van der Waals surface area contributed by atoms with Crippen LogP contribution in [0.4, 0.5) is 0 Å². The van der Waals surface area contributed by atoms with Gasteiger partial charge in [0.05, 0.1) is 18.9 Å². The molecule has 8 nitrogen and oxygen atoms in total. The minimum Gasteiger partial charge on any atom is -0.494 e. The number of carbonyl (C=O) groups is 1. The van der Waals surface area contributed by atoms with Crippen LogP contribution >= 0.6 is 0 Å². The first-order valence-corrected chi connectivity index (χ1v) is 10.3. The normalized spacial score (nSPS) is 21.8. The van der Waals surface area contributed by atoms with Gasteiger partial charge in [-0.2, -0.15) is 0 Å². The highest BCUT2D eigenvalue weighted by atomic mass is 32.2. The first-order valence-electron chi connectivity index (χ1n) is 8.46. The number of para-hydroxylation sites is 1. The monoisotopic (exact) mass is 381 g/mol. The lowest BCUT2D eigenvalue weighted by Gasteiger charge is -2.36. The smallest absolute Gasteiger partial charge is 0.303 e. The summed E-state index contributed by atoms with van der Waals surface area (Å²) in [5, 5.41) is 9.19. The zero-order valence-corrected chi connectivity index (χ0v) is 15.6. The summed E-state index contributed by atoms with van der Waals surface area (Å²) < 4.78 is 30.6. The lowest BCUT2D eigenvalue weighted by Crippen LogP contribution is -2.44. The Morgan fingerprint density at radius 3 is 2.85 bits per heavy atom. The van der Waals surface area contributed by atoms with Crippen LogP contribution in [-0.2, 0) is 21.2 Å². The van der Waals surface area contributed by atoms with E-state index in [4.69, 9.17) is 4.74 Å². The molecule has 0 bridgehead atoms. The van der Waals surface area contributed by atoms with E-state index < -0.39 is 16.0 Å². The second-order valence-corrected chi connectivity index (χ2v) is 8.75. The number of aliphatic carboxylic acids is 1. The molecule has 1 aromatic heterocycles. The predicted octanol–water partition coefficient (Wildman–Crippen LogP) is 1.49. The molecule has 26 heavy (non-hydrogen) atoms. The molecule has 0 spiro atoms. The Hall–Kier alpha value is -2.13. The van der Waals surface area contributed by atoms with E-state index in [9.17, 15) is 18.3 Å². The number of carboxylic acid groups (broad SMARTS) is 1. The number of aromatic nitrogens is 2. The fraction of sp³-hybridized carbons (Fsp3) is 0.529. The van der Waals surface area contributed by atoms with Crippen molar-refractivity contribution in [1.82, 2.24) is 14.3 Å². The molecular weight excluding hydrogens is 358 g/mol. The molecule has 1 aliphatic heterocycles. The van der Waals surface area contributed by atoms with Crippen LogP contribution in [0.25, 0.3) is 11.0 Å². The number of nitrogens with one attached hydrogen (secondary N) is 1. The van der Waals surface area contributed by atoms with Gasteiger partial charge in [0.2, 0.25) is 10.0 Å². The first kappa shape index (κ1) is 18.7. The highest BCUT2D eigenvalue weighted by molar-refractivity contribution is 7.88. The zero-order chi connectivity index (χ0) is 18.9. The fourth-order valence-corrected chi connectivity index (χ4v) is 4.54. The van der Waals surface area contributed by atoms with Crippen LogP contribution < -0.4 is 4.74 Å². The Labute approximate surface area is 152 Å². The third-order valence-electron chi connectivity index (χ3n) is 4.96. The second kappa shape index (κ2) is 7.24. The average Bonchev–Trinajstić information content (AvgIpc) is 2.97. The van der Waals surface area contributed by atoms with E-state index >= 15 is 0 Å². The van der Waals surface area contributed by atoms with E-state index in [0.29, 0.717) is 37.5 Å². The minimum atomic E-state index is -3.30. The number of H-pyrrole nitrogens is 1. The van der Waals surface area contributed by atoms with Crippen molar-refractivity contribution < 1.29 is 23.1 Å². The molecule has 2 unspecified atom stereocenters. The maximum Gasteiger partial charge on any atom is 0.303 e. The summed E-state index contributed by atoms with van der Waals surface area (Å²) in [6, 6.07) is 5.58. The molecular formula is C17H23N3O5S. The molecule has 1 aromatic carbocycles. The van der Waals surface area contributed by atoms with Gasteiger partial charge in [0, 0.05) is 25.9 Å². The number of carboxylic acids is 1. The molecule has 0 amide bonds. The summed E-state index contributed by atoms with van der Waals surface area (Å²) in [7, 11) is -1.72. The first-order chi connectivity index (χ1) is 12.3. The number of ether oxygens (including phenoxy) is 1. The van der Waals surface area contributed by atoms with Gasteiger partial charge in [0.15, 0.2) is 0 Å². The number of piperidine rings is 1. The molecule has 2 N–H and O–H groups in total. The molecule has 1 aliphatic rings. The summed E-state index contributed by atoms with van der Waals surface area (Å²) in [4.78, 5) is 19.0. The van der Waals surface area contributed by atoms with Gasteiger partial charge in [-0.05, 0) is 30.4 Å². The van der Waals surface area contributed by atoms with Crippen molar-refractivity contribution in [3.8, 4) is 5.75 Å². The molecule has 3 rings (SSSR count). The number of aromatic amines is 1. The molecule has 0 saturated carbocycles. The SMILES string of the molecule is COc1cccc2[nH]c(CC3CN(S(C)(=O)=O)CCC3CC(=O)O)nc12. The zero-order valence-electron chi connectivity index (χ0n) is 14.8. The molecule has 2 aromatic rings. The average molecular weight is 381 g/mol. The van der Waals surface area contributed by atoms with Crippen LogP contribution in [0.15, 0.2) is 18.2 Å². The highest BCUT2D eigenvalue weighted by Crippen LogP contribution is 2.31. The van der Waals surface area contributed by atoms with Crippen LogP contribution in [0, 0.1) is 11.8 Å². The number of methoxy groups -OCH3 is 1. The number of imidazole rings is 1. The van der Waals surface area contributed by atoms with E-state index in [-0.39, 0.29) is 18.3 Å². The van der Waals surface area contributed by atoms with E-state index in [0.717, 1.165) is 11.0 Å². The number of rotatable bonds is 6. The molecule has 0 radical (unpaired) electrons. The fourth-order valence-electron chi connectivity index (χ4n) is 3.64. The lowest BCUT2D eigenvalue weighted by molar-refractivity contribution is -0.138. The topological polar surface area (TPSA) is 113 Å². The molecule has 0 aliphatic carbocycles. The molecule has 9 heteroatoms. The predicted molar refractivity (Wildman–Crippen MR) is 96.6 cm³/mol. The van der Waals surface area contributed by atoms with Crippen LogP contribution in [0.5, 0.6) is 5.75 Å². The van der Waals surface area contributed by atoms with Crippen LogP contribution in [-0.4, -0.2) is 60.2 Å². The maximum absolute atomic E-state index is 11.9. The van der Waals surface area contributed by atoms with Crippen LogP contribution in [0.3, 0.4) is 0 Å². The van der Waals surface area contributed by atoms with Gasteiger partial charge in [0.25, 0.3) is 0 Å². The van der Waals surface area contributed by atoms with Crippen LogP contribution in [0.2, 0.25) is 0 Å². The molecule has 142 valence electrons. The minimum absolute atomic E-state index is 0.0335. The van der Waals surface area contributed by atoms with Crippen molar-refractivity contribution in [2.45, 2.75) is 19.3 Å². The Bertz CT molecular complexity index is 908. The van der Waals surface area contributed by atoms with Crippen molar-refractivity contribution in [3.63, 3.8) is 0 Å².